The van der Waals surface area contributed by atoms with E-state index >= 15 is 0 Å². The van der Waals surface area contributed by atoms with E-state index in [1.165, 1.54) is 0 Å². The zero-order valence-electron chi connectivity index (χ0n) is 14.2. The number of benzene rings is 2. The monoisotopic (exact) mass is 354 g/mol. The van der Waals surface area contributed by atoms with E-state index in [4.69, 9.17) is 11.6 Å². The molecule has 0 aliphatic carbocycles. The Labute approximate surface area is 154 Å². The van der Waals surface area contributed by atoms with E-state index in [2.05, 4.69) is 18.5 Å². The predicted octanol–water partition coefficient (Wildman–Crippen LogP) is 4.22. The first-order valence-corrected chi connectivity index (χ1v) is 8.55. The average molecular weight is 355 g/mol. The molecule has 1 unspecified atom stereocenters. The second-order valence-electron chi connectivity index (χ2n) is 5.73. The summed E-state index contributed by atoms with van der Waals surface area (Å²) in [5.74, 6) is -0.0486. The van der Waals surface area contributed by atoms with Crippen LogP contribution in [0, 0.1) is 0 Å². The molecule has 25 heavy (non-hydrogen) atoms. The highest BCUT2D eigenvalue weighted by Gasteiger charge is 2.18. The number of carbonyl (C=O) groups excluding carboxylic acids is 1. The average Bonchev–Trinajstić information content (AvgIpc) is 2.62. The summed E-state index contributed by atoms with van der Waals surface area (Å²) >= 11 is 5.99. The Morgan fingerprint density at radius 3 is 2.12 bits per heavy atom. The van der Waals surface area contributed by atoms with Gasteiger partial charge in [-0.25, -0.2) is 0 Å². The highest BCUT2D eigenvalue weighted by Crippen LogP contribution is 2.23. The van der Waals surface area contributed by atoms with Crippen LogP contribution >= 0.6 is 11.6 Å². The molecule has 0 aliphatic heterocycles. The minimum absolute atomic E-state index is 0.0486. The van der Waals surface area contributed by atoms with E-state index in [0.717, 1.165) is 11.1 Å². The lowest BCUT2D eigenvalue weighted by atomic mass is 9.98. The molecule has 130 valence electrons. The van der Waals surface area contributed by atoms with Gasteiger partial charge in [0.25, 0.3) is 0 Å². The van der Waals surface area contributed by atoms with Crippen molar-refractivity contribution in [2.75, 3.05) is 19.6 Å². The van der Waals surface area contributed by atoms with Crippen molar-refractivity contribution in [2.45, 2.75) is 6.04 Å². The number of hydrogen-bond acceptors (Lipinski definition) is 2. The van der Waals surface area contributed by atoms with Crippen LogP contribution in [0.4, 0.5) is 0 Å². The molecule has 0 heterocycles. The third-order valence-corrected chi connectivity index (χ3v) is 4.04. The molecule has 0 radical (unpaired) electrons. The highest BCUT2D eigenvalue weighted by molar-refractivity contribution is 6.30. The van der Waals surface area contributed by atoms with Gasteiger partial charge in [0.1, 0.15) is 0 Å². The van der Waals surface area contributed by atoms with Gasteiger partial charge >= 0.3 is 0 Å². The van der Waals surface area contributed by atoms with Crippen LogP contribution in [0.2, 0.25) is 5.02 Å². The van der Waals surface area contributed by atoms with Crippen LogP contribution in [0.25, 0.3) is 0 Å². The van der Waals surface area contributed by atoms with E-state index in [1.54, 1.807) is 12.2 Å². The minimum atomic E-state index is -0.222. The molecule has 2 aromatic carbocycles. The lowest BCUT2D eigenvalue weighted by Crippen LogP contribution is -2.39. The normalized spacial score (nSPS) is 11.8. The predicted molar refractivity (Wildman–Crippen MR) is 105 cm³/mol. The first kappa shape index (κ1) is 19.0. The van der Waals surface area contributed by atoms with Crippen LogP contribution in [-0.2, 0) is 4.79 Å². The van der Waals surface area contributed by atoms with Gasteiger partial charge in [-0.2, -0.15) is 0 Å². The second kappa shape index (κ2) is 9.82. The molecular weight excluding hydrogens is 332 g/mol. The van der Waals surface area contributed by atoms with Crippen LogP contribution in [0.1, 0.15) is 17.2 Å². The van der Waals surface area contributed by atoms with Crippen molar-refractivity contribution in [1.29, 1.82) is 0 Å². The molecular formula is C21H23ClN2O. The van der Waals surface area contributed by atoms with Crippen LogP contribution < -0.4 is 5.32 Å². The number of halogens is 1. The first-order valence-electron chi connectivity index (χ1n) is 8.18. The number of hydrogen-bond donors (Lipinski definition) is 1. The summed E-state index contributed by atoms with van der Waals surface area (Å²) < 4.78 is 0. The molecule has 1 atom stereocenters. The third kappa shape index (κ3) is 5.89. The van der Waals surface area contributed by atoms with Gasteiger partial charge in [-0.05, 0) is 23.3 Å². The van der Waals surface area contributed by atoms with Crippen molar-refractivity contribution in [3.05, 3.63) is 96.1 Å². The molecule has 0 saturated carbocycles. The van der Waals surface area contributed by atoms with Crippen molar-refractivity contribution in [2.24, 2.45) is 0 Å². The minimum Gasteiger partial charge on any atom is -0.344 e. The third-order valence-electron chi connectivity index (χ3n) is 3.78. The fourth-order valence-electron chi connectivity index (χ4n) is 2.64. The number of carbonyl (C=O) groups is 1. The number of rotatable bonds is 9. The molecule has 1 N–H and O–H groups in total. The van der Waals surface area contributed by atoms with Crippen LogP contribution in [0.5, 0.6) is 0 Å². The molecule has 1 amide bonds. The van der Waals surface area contributed by atoms with Crippen LogP contribution in [-0.4, -0.2) is 30.4 Å². The van der Waals surface area contributed by atoms with Gasteiger partial charge in [-0.3, -0.25) is 9.69 Å². The largest absolute Gasteiger partial charge is 0.344 e. The molecule has 0 spiro atoms. The molecule has 0 aromatic heterocycles. The van der Waals surface area contributed by atoms with Gasteiger partial charge in [0, 0.05) is 18.1 Å². The Morgan fingerprint density at radius 1 is 1.00 bits per heavy atom. The Kier molecular flexibility index (Phi) is 7.45. The zero-order valence-corrected chi connectivity index (χ0v) is 15.0. The molecule has 0 bridgehead atoms. The number of nitrogens with one attached hydrogen (secondary N) is 1. The van der Waals surface area contributed by atoms with Crippen LogP contribution in [0.3, 0.4) is 0 Å². The van der Waals surface area contributed by atoms with Gasteiger partial charge in [-0.1, -0.05) is 66.2 Å². The standard InChI is InChI=1S/C21H23ClN2O/c1-3-14-24(15-4-2)16-20(25)23-21(17-8-6-5-7-9-17)18-10-12-19(22)13-11-18/h3-13,21H,1-2,14-16H2,(H,23,25). The van der Waals surface area contributed by atoms with Crippen LogP contribution in [0.15, 0.2) is 79.9 Å². The summed E-state index contributed by atoms with van der Waals surface area (Å²) in [5, 5.41) is 3.80. The van der Waals surface area contributed by atoms with E-state index in [1.807, 2.05) is 59.5 Å². The van der Waals surface area contributed by atoms with Gasteiger partial charge in [0.2, 0.25) is 5.91 Å². The molecule has 2 rings (SSSR count). The van der Waals surface area contributed by atoms with Crippen molar-refractivity contribution in [1.82, 2.24) is 10.2 Å². The Bertz CT molecular complexity index is 688. The van der Waals surface area contributed by atoms with Gasteiger partial charge in [-0.15, -0.1) is 13.2 Å². The van der Waals surface area contributed by atoms with E-state index in [0.29, 0.717) is 18.1 Å². The second-order valence-corrected chi connectivity index (χ2v) is 6.17. The van der Waals surface area contributed by atoms with E-state index in [9.17, 15) is 4.79 Å². The molecule has 3 nitrogen and oxygen atoms in total. The quantitative estimate of drug-likeness (QED) is 0.684. The SMILES string of the molecule is C=CCN(CC=C)CC(=O)NC(c1ccccc1)c1ccc(Cl)cc1. The topological polar surface area (TPSA) is 32.3 Å². The van der Waals surface area contributed by atoms with Crippen molar-refractivity contribution in [3.63, 3.8) is 0 Å². The fraction of sp³-hybridized carbons (Fsp3) is 0.190. The molecule has 2 aromatic rings. The maximum Gasteiger partial charge on any atom is 0.234 e. The fourth-order valence-corrected chi connectivity index (χ4v) is 2.76. The van der Waals surface area contributed by atoms with Gasteiger partial charge < -0.3 is 5.32 Å². The maximum atomic E-state index is 12.6. The first-order chi connectivity index (χ1) is 12.1. The summed E-state index contributed by atoms with van der Waals surface area (Å²) in [6.07, 6.45) is 3.56. The zero-order chi connectivity index (χ0) is 18.1. The van der Waals surface area contributed by atoms with Crippen molar-refractivity contribution in [3.8, 4) is 0 Å². The number of amides is 1. The molecule has 0 aliphatic rings. The Morgan fingerprint density at radius 2 is 1.56 bits per heavy atom. The Hall–Kier alpha value is -2.36. The Balaban J connectivity index is 2.18. The van der Waals surface area contributed by atoms with E-state index in [-0.39, 0.29) is 18.5 Å². The van der Waals surface area contributed by atoms with Crippen molar-refractivity contribution >= 4 is 17.5 Å². The summed E-state index contributed by atoms with van der Waals surface area (Å²) in [4.78, 5) is 14.6. The maximum absolute atomic E-state index is 12.6. The summed E-state index contributed by atoms with van der Waals surface area (Å²) in [6.45, 7) is 9.03. The smallest absolute Gasteiger partial charge is 0.234 e. The lowest BCUT2D eigenvalue weighted by Gasteiger charge is -2.23. The summed E-state index contributed by atoms with van der Waals surface area (Å²) in [5.41, 5.74) is 2.01. The van der Waals surface area contributed by atoms with Gasteiger partial charge in [0.15, 0.2) is 0 Å². The highest BCUT2D eigenvalue weighted by atomic mass is 35.5. The summed E-state index contributed by atoms with van der Waals surface area (Å²) in [6, 6.07) is 17.2. The number of nitrogens with zero attached hydrogens (tertiary/aromatic N) is 1. The lowest BCUT2D eigenvalue weighted by molar-refractivity contribution is -0.122. The molecule has 0 fully saturated rings. The van der Waals surface area contributed by atoms with Crippen molar-refractivity contribution < 1.29 is 4.79 Å². The summed E-state index contributed by atoms with van der Waals surface area (Å²) in [7, 11) is 0. The van der Waals surface area contributed by atoms with E-state index < -0.39 is 0 Å². The van der Waals surface area contributed by atoms with Gasteiger partial charge in [0.05, 0.1) is 12.6 Å². The molecule has 4 heteroatoms. The molecule has 0 saturated heterocycles.